The number of amides is 1. The number of rotatable bonds is 5. The number of carbonyl (C=O) groups is 1. The highest BCUT2D eigenvalue weighted by Crippen LogP contribution is 2.15. The topological polar surface area (TPSA) is 60.2 Å². The zero-order valence-electron chi connectivity index (χ0n) is 16.5. The van der Waals surface area contributed by atoms with Gasteiger partial charge in [-0.3, -0.25) is 0 Å². The van der Waals surface area contributed by atoms with E-state index in [-0.39, 0.29) is 12.1 Å². The molecule has 2 aliphatic rings. The van der Waals surface area contributed by atoms with E-state index in [9.17, 15) is 4.79 Å². The summed E-state index contributed by atoms with van der Waals surface area (Å²) in [7, 11) is 0. The SMILES string of the molecule is CC1C=c2nnn(C(=O)N3CCC(OCCCc4ccccc4)CC3)c2=CC1. The van der Waals surface area contributed by atoms with Gasteiger partial charge in [0.1, 0.15) is 5.35 Å². The Kier molecular flexibility index (Phi) is 5.86. The molecule has 0 saturated carbocycles. The maximum absolute atomic E-state index is 12.8. The maximum Gasteiger partial charge on any atom is 0.346 e. The van der Waals surface area contributed by atoms with E-state index < -0.39 is 0 Å². The second kappa shape index (κ2) is 8.69. The molecule has 4 rings (SSSR count). The van der Waals surface area contributed by atoms with E-state index >= 15 is 0 Å². The Morgan fingerprint density at radius 1 is 1.21 bits per heavy atom. The molecular formula is C22H28N4O2. The van der Waals surface area contributed by atoms with Gasteiger partial charge in [0.15, 0.2) is 0 Å². The number of carbonyl (C=O) groups excluding carboxylic acids is 1. The fourth-order valence-electron chi connectivity index (χ4n) is 3.91. The predicted octanol–water partition coefficient (Wildman–Crippen LogP) is 1.96. The smallest absolute Gasteiger partial charge is 0.346 e. The number of aromatic nitrogens is 3. The summed E-state index contributed by atoms with van der Waals surface area (Å²) in [4.78, 5) is 14.7. The molecule has 148 valence electrons. The minimum absolute atomic E-state index is 0.0736. The van der Waals surface area contributed by atoms with E-state index in [4.69, 9.17) is 4.74 Å². The van der Waals surface area contributed by atoms with E-state index in [1.165, 1.54) is 10.2 Å². The number of fused-ring (bicyclic) bond motifs is 1. The maximum atomic E-state index is 12.8. The van der Waals surface area contributed by atoms with Crippen LogP contribution in [0.5, 0.6) is 0 Å². The van der Waals surface area contributed by atoms with Crippen molar-refractivity contribution < 1.29 is 9.53 Å². The van der Waals surface area contributed by atoms with E-state index in [1.807, 2.05) is 11.0 Å². The number of benzene rings is 1. The molecule has 0 radical (unpaired) electrons. The van der Waals surface area contributed by atoms with Crippen molar-refractivity contribution in [2.24, 2.45) is 5.92 Å². The van der Waals surface area contributed by atoms with Crippen molar-refractivity contribution in [3.05, 3.63) is 46.6 Å². The molecule has 0 N–H and O–H groups in total. The van der Waals surface area contributed by atoms with Crippen LogP contribution >= 0.6 is 0 Å². The second-order valence-electron chi connectivity index (χ2n) is 7.78. The highest BCUT2D eigenvalue weighted by Gasteiger charge is 2.25. The van der Waals surface area contributed by atoms with Gasteiger partial charge in [0.2, 0.25) is 0 Å². The minimum atomic E-state index is -0.0736. The Labute approximate surface area is 165 Å². The summed E-state index contributed by atoms with van der Waals surface area (Å²) >= 11 is 0. The molecule has 1 saturated heterocycles. The molecule has 1 aliphatic carbocycles. The average molecular weight is 380 g/mol. The van der Waals surface area contributed by atoms with Gasteiger partial charge in [-0.05, 0) is 43.6 Å². The zero-order valence-corrected chi connectivity index (χ0v) is 16.5. The monoisotopic (exact) mass is 380 g/mol. The lowest BCUT2D eigenvalue weighted by molar-refractivity contribution is 0.0137. The normalized spacial score (nSPS) is 19.6. The molecule has 28 heavy (non-hydrogen) atoms. The van der Waals surface area contributed by atoms with Gasteiger partial charge in [0.25, 0.3) is 0 Å². The van der Waals surface area contributed by atoms with Crippen molar-refractivity contribution >= 4 is 18.2 Å². The van der Waals surface area contributed by atoms with E-state index in [2.05, 4.69) is 53.7 Å². The Balaban J connectivity index is 1.24. The van der Waals surface area contributed by atoms with Gasteiger partial charge in [-0.15, -0.1) is 5.10 Å². The fraction of sp³-hybridized carbons (Fsp3) is 0.500. The number of aryl methyl sites for hydroxylation is 1. The van der Waals surface area contributed by atoms with Gasteiger partial charge >= 0.3 is 6.03 Å². The highest BCUT2D eigenvalue weighted by molar-refractivity contribution is 5.76. The quantitative estimate of drug-likeness (QED) is 0.744. The van der Waals surface area contributed by atoms with Crippen molar-refractivity contribution in [3.8, 4) is 0 Å². The van der Waals surface area contributed by atoms with Crippen LogP contribution in [0.1, 0.15) is 38.2 Å². The molecule has 1 atom stereocenters. The molecule has 1 fully saturated rings. The second-order valence-corrected chi connectivity index (χ2v) is 7.78. The number of hydrogen-bond acceptors (Lipinski definition) is 4. The van der Waals surface area contributed by atoms with Crippen LogP contribution < -0.4 is 10.7 Å². The van der Waals surface area contributed by atoms with Gasteiger partial charge in [0.05, 0.1) is 11.5 Å². The van der Waals surface area contributed by atoms with Crippen LogP contribution in [0.2, 0.25) is 0 Å². The summed E-state index contributed by atoms with van der Waals surface area (Å²) < 4.78 is 7.50. The number of piperidine rings is 1. The van der Waals surface area contributed by atoms with Crippen molar-refractivity contribution in [1.29, 1.82) is 0 Å². The van der Waals surface area contributed by atoms with Crippen LogP contribution in [0.4, 0.5) is 4.79 Å². The van der Waals surface area contributed by atoms with Crippen LogP contribution in [0.3, 0.4) is 0 Å². The summed E-state index contributed by atoms with van der Waals surface area (Å²) in [6.45, 7) is 4.33. The molecule has 6 heteroatoms. The molecule has 1 aromatic carbocycles. The molecule has 6 nitrogen and oxygen atoms in total. The van der Waals surface area contributed by atoms with Gasteiger partial charge in [-0.2, -0.15) is 4.68 Å². The highest BCUT2D eigenvalue weighted by atomic mass is 16.5. The molecule has 2 heterocycles. The lowest BCUT2D eigenvalue weighted by Crippen LogP contribution is -2.47. The Bertz CT molecular complexity index is 914. The molecular weight excluding hydrogens is 352 g/mol. The summed E-state index contributed by atoms with van der Waals surface area (Å²) in [5.41, 5.74) is 1.35. The van der Waals surface area contributed by atoms with E-state index in [0.29, 0.717) is 19.0 Å². The van der Waals surface area contributed by atoms with Crippen LogP contribution in [0, 0.1) is 5.92 Å². The van der Waals surface area contributed by atoms with Crippen molar-refractivity contribution in [2.45, 2.75) is 45.1 Å². The summed E-state index contributed by atoms with van der Waals surface area (Å²) in [5.74, 6) is 0.447. The third-order valence-corrected chi connectivity index (χ3v) is 5.56. The van der Waals surface area contributed by atoms with E-state index in [0.717, 1.165) is 49.4 Å². The van der Waals surface area contributed by atoms with Crippen molar-refractivity contribution in [3.63, 3.8) is 0 Å². The molecule has 1 aromatic heterocycles. The molecule has 1 amide bonds. The van der Waals surface area contributed by atoms with Gasteiger partial charge in [0, 0.05) is 19.7 Å². The molecule has 1 unspecified atom stereocenters. The molecule has 0 spiro atoms. The van der Waals surface area contributed by atoms with Crippen molar-refractivity contribution in [2.75, 3.05) is 19.7 Å². The lowest BCUT2D eigenvalue weighted by Gasteiger charge is -2.31. The summed E-state index contributed by atoms with van der Waals surface area (Å²) in [5, 5.41) is 9.92. The van der Waals surface area contributed by atoms with Crippen LogP contribution in [0.25, 0.3) is 12.2 Å². The first kappa shape index (κ1) is 18.9. The van der Waals surface area contributed by atoms with Crippen LogP contribution in [0.15, 0.2) is 30.3 Å². The van der Waals surface area contributed by atoms with Gasteiger partial charge in [-0.25, -0.2) is 4.79 Å². The first-order valence-electron chi connectivity index (χ1n) is 10.3. The number of nitrogens with zero attached hydrogens (tertiary/aromatic N) is 4. The Morgan fingerprint density at radius 2 is 2.00 bits per heavy atom. The van der Waals surface area contributed by atoms with Gasteiger partial charge < -0.3 is 9.64 Å². The molecule has 2 aromatic rings. The average Bonchev–Trinajstić information content (AvgIpc) is 3.15. The number of ether oxygens (including phenoxy) is 1. The van der Waals surface area contributed by atoms with Crippen LogP contribution in [-0.4, -0.2) is 51.7 Å². The Morgan fingerprint density at radius 3 is 2.79 bits per heavy atom. The van der Waals surface area contributed by atoms with Gasteiger partial charge in [-0.1, -0.05) is 54.6 Å². The fourth-order valence-corrected chi connectivity index (χ4v) is 3.91. The first-order chi connectivity index (χ1) is 13.7. The van der Waals surface area contributed by atoms with Crippen LogP contribution in [-0.2, 0) is 11.2 Å². The van der Waals surface area contributed by atoms with E-state index in [1.54, 1.807) is 0 Å². The Hall–Kier alpha value is -2.47. The largest absolute Gasteiger partial charge is 0.378 e. The number of likely N-dealkylation sites (tertiary alicyclic amines) is 1. The lowest BCUT2D eigenvalue weighted by atomic mass is 10.0. The minimum Gasteiger partial charge on any atom is -0.378 e. The summed E-state index contributed by atoms with van der Waals surface area (Å²) in [6.07, 6.45) is 9.14. The summed E-state index contributed by atoms with van der Waals surface area (Å²) in [6, 6.07) is 10.4. The molecule has 0 bridgehead atoms. The third-order valence-electron chi connectivity index (χ3n) is 5.56. The number of hydrogen-bond donors (Lipinski definition) is 0. The third kappa shape index (κ3) is 4.33. The molecule has 1 aliphatic heterocycles. The first-order valence-corrected chi connectivity index (χ1v) is 10.3. The predicted molar refractivity (Wildman–Crippen MR) is 108 cm³/mol. The zero-order chi connectivity index (χ0) is 19.3. The van der Waals surface area contributed by atoms with Crippen molar-refractivity contribution in [1.82, 2.24) is 19.9 Å². The standard InChI is InChI=1S/C22H28N4O2/c1-17-9-10-21-20(16-17)23-24-26(21)22(27)25-13-11-19(12-14-25)28-15-5-8-18-6-3-2-4-7-18/h2-4,6-7,10,16-17,19H,5,8-9,11-15H2,1H3.